The number of pyridine rings is 1. The Labute approximate surface area is 88.2 Å². The minimum absolute atomic E-state index is 0. The maximum Gasteiger partial charge on any atom is 0.0699 e. The van der Waals surface area contributed by atoms with Gasteiger partial charge in [-0.2, -0.15) is 0 Å². The summed E-state index contributed by atoms with van der Waals surface area (Å²) in [5.74, 6) is 0. The lowest BCUT2D eigenvalue weighted by Crippen LogP contribution is -1.88. The van der Waals surface area contributed by atoms with Crippen molar-refractivity contribution in [1.82, 2.24) is 4.98 Å². The van der Waals surface area contributed by atoms with E-state index in [-0.39, 0.29) is 7.43 Å². The van der Waals surface area contributed by atoms with Crippen molar-refractivity contribution in [2.45, 2.75) is 28.2 Å². The van der Waals surface area contributed by atoms with Crippen molar-refractivity contribution >= 4 is 12.2 Å². The molecule has 0 bridgehead atoms. The Kier molecular flexibility index (Phi) is 8.90. The van der Waals surface area contributed by atoms with Crippen LogP contribution >= 0.6 is 0 Å². The Balaban J connectivity index is 0. The molecule has 0 saturated heterocycles. The summed E-state index contributed by atoms with van der Waals surface area (Å²) in [7, 11) is 0. The first-order valence-electron chi connectivity index (χ1n) is 4.50. The van der Waals surface area contributed by atoms with Crippen molar-refractivity contribution in [3.63, 3.8) is 0 Å². The van der Waals surface area contributed by atoms with E-state index in [1.165, 1.54) is 0 Å². The smallest absolute Gasteiger partial charge is 0.0699 e. The lowest BCUT2D eigenvalue weighted by atomic mass is 10.2. The van der Waals surface area contributed by atoms with Crippen LogP contribution in [0.2, 0.25) is 0 Å². The third-order valence-electron chi connectivity index (χ3n) is 1.51. The second-order valence-electron chi connectivity index (χ2n) is 2.34. The quantitative estimate of drug-likeness (QED) is 0.677. The van der Waals surface area contributed by atoms with E-state index in [1.807, 2.05) is 32.9 Å². The number of hydrogen-bond acceptors (Lipinski definition) is 1. The molecular weight excluding hydrogens is 170 g/mol. The number of aryl methyl sites for hydroxylation is 1. The van der Waals surface area contributed by atoms with Gasteiger partial charge >= 0.3 is 0 Å². The largest absolute Gasteiger partial charge is 0.253 e. The van der Waals surface area contributed by atoms with Crippen LogP contribution in [0.25, 0.3) is 12.2 Å². The zero-order valence-electron chi connectivity index (χ0n) is 8.67. The summed E-state index contributed by atoms with van der Waals surface area (Å²) < 4.78 is 0. The van der Waals surface area contributed by atoms with E-state index in [4.69, 9.17) is 0 Å². The van der Waals surface area contributed by atoms with Crippen molar-refractivity contribution in [3.8, 4) is 0 Å². The second kappa shape index (κ2) is 8.24. The average Bonchev–Trinajstić information content (AvgIpc) is 2.20. The van der Waals surface area contributed by atoms with Gasteiger partial charge in [-0.3, -0.25) is 4.98 Å². The van der Waals surface area contributed by atoms with E-state index < -0.39 is 0 Å². The summed E-state index contributed by atoms with van der Waals surface area (Å²) in [6.07, 6.45) is 3.52. The van der Waals surface area contributed by atoms with Crippen LogP contribution in [0.4, 0.5) is 0 Å². The lowest BCUT2D eigenvalue weighted by Gasteiger charge is -1.99. The van der Waals surface area contributed by atoms with Gasteiger partial charge in [0.1, 0.15) is 0 Å². The molecule has 0 amide bonds. The molecule has 1 nitrogen and oxygen atoms in total. The first kappa shape index (κ1) is 15.1. The van der Waals surface area contributed by atoms with Gasteiger partial charge in [-0.1, -0.05) is 46.6 Å². The Morgan fingerprint density at radius 3 is 2.14 bits per heavy atom. The fraction of sp³-hybridized carbons (Fsp3) is 0.308. The normalized spacial score (nSPS) is 7.64. The Bertz CT molecular complexity index is 287. The lowest BCUT2D eigenvalue weighted by molar-refractivity contribution is 1.17. The molecule has 1 rings (SSSR count). The molecule has 0 aromatic carbocycles. The third-order valence-corrected chi connectivity index (χ3v) is 1.51. The minimum Gasteiger partial charge on any atom is -0.253 e. The average molecular weight is 191 g/mol. The van der Waals surface area contributed by atoms with Crippen molar-refractivity contribution in [3.05, 3.63) is 42.2 Å². The summed E-state index contributed by atoms with van der Waals surface area (Å²) in [6, 6.07) is 3.95. The summed E-state index contributed by atoms with van der Waals surface area (Å²) in [6.45, 7) is 13.3. The summed E-state index contributed by atoms with van der Waals surface area (Å²) in [5.41, 5.74) is 2.94. The maximum atomic E-state index is 4.27. The van der Waals surface area contributed by atoms with Crippen LogP contribution in [0.3, 0.4) is 0 Å². The van der Waals surface area contributed by atoms with Crippen LogP contribution in [0.15, 0.2) is 25.3 Å². The number of hydrogen-bond donors (Lipinski definition) is 0. The van der Waals surface area contributed by atoms with Gasteiger partial charge in [-0.15, -0.1) is 0 Å². The van der Waals surface area contributed by atoms with Crippen LogP contribution in [0, 0.1) is 6.92 Å². The van der Waals surface area contributed by atoms with Crippen LogP contribution in [-0.4, -0.2) is 4.98 Å². The molecule has 78 valence electrons. The molecule has 0 aliphatic heterocycles. The van der Waals surface area contributed by atoms with Crippen LogP contribution in [0.1, 0.15) is 38.2 Å². The molecule has 0 saturated carbocycles. The zero-order chi connectivity index (χ0) is 10.3. The number of nitrogens with zero attached hydrogens (tertiary/aromatic N) is 1. The van der Waals surface area contributed by atoms with E-state index in [0.717, 1.165) is 17.0 Å². The van der Waals surface area contributed by atoms with Crippen molar-refractivity contribution < 1.29 is 0 Å². The predicted octanol–water partition coefficient (Wildman–Crippen LogP) is 4.34. The maximum absolute atomic E-state index is 4.27. The van der Waals surface area contributed by atoms with E-state index in [0.29, 0.717) is 0 Å². The Morgan fingerprint density at radius 1 is 1.14 bits per heavy atom. The molecule has 0 fully saturated rings. The number of rotatable bonds is 2. The van der Waals surface area contributed by atoms with Crippen molar-refractivity contribution in [2.75, 3.05) is 0 Å². The molecule has 0 aliphatic carbocycles. The molecule has 1 aromatic rings. The SMILES string of the molecule is C.C=Cc1ccc(C)nc1C=C.CC. The Hall–Kier alpha value is -1.37. The minimum atomic E-state index is 0. The molecule has 0 aliphatic rings. The molecule has 1 aromatic heterocycles. The van der Waals surface area contributed by atoms with Gasteiger partial charge in [0.2, 0.25) is 0 Å². The van der Waals surface area contributed by atoms with Gasteiger partial charge < -0.3 is 0 Å². The Morgan fingerprint density at radius 2 is 1.71 bits per heavy atom. The highest BCUT2D eigenvalue weighted by Crippen LogP contribution is 2.09. The highest BCUT2D eigenvalue weighted by atomic mass is 14.7. The summed E-state index contributed by atoms with van der Waals surface area (Å²) >= 11 is 0. The van der Waals surface area contributed by atoms with E-state index in [1.54, 1.807) is 12.2 Å². The molecule has 0 N–H and O–H groups in total. The van der Waals surface area contributed by atoms with E-state index >= 15 is 0 Å². The van der Waals surface area contributed by atoms with Crippen LogP contribution in [-0.2, 0) is 0 Å². The van der Waals surface area contributed by atoms with Gasteiger partial charge in [0.15, 0.2) is 0 Å². The van der Waals surface area contributed by atoms with Gasteiger partial charge in [0.25, 0.3) is 0 Å². The summed E-state index contributed by atoms with van der Waals surface area (Å²) in [4.78, 5) is 4.27. The van der Waals surface area contributed by atoms with E-state index in [2.05, 4.69) is 18.1 Å². The molecule has 1 heteroatoms. The van der Waals surface area contributed by atoms with Crippen LogP contribution in [0.5, 0.6) is 0 Å². The second-order valence-corrected chi connectivity index (χ2v) is 2.34. The van der Waals surface area contributed by atoms with Gasteiger partial charge in [0.05, 0.1) is 5.69 Å². The third kappa shape index (κ3) is 4.04. The zero-order valence-corrected chi connectivity index (χ0v) is 8.67. The number of aromatic nitrogens is 1. The standard InChI is InChI=1S/C10H11N.C2H6.CH4/c1-4-9-7-6-8(3)11-10(9)5-2;1-2;/h4-7H,1-2H2,3H3;1-2H3;1H4. The first-order chi connectivity index (χ1) is 6.27. The van der Waals surface area contributed by atoms with Gasteiger partial charge in [-0.05, 0) is 24.6 Å². The van der Waals surface area contributed by atoms with E-state index in [9.17, 15) is 0 Å². The molecule has 0 unspecified atom stereocenters. The highest BCUT2D eigenvalue weighted by Gasteiger charge is 1.95. The first-order valence-corrected chi connectivity index (χ1v) is 4.50. The molecular formula is C13H21N. The fourth-order valence-electron chi connectivity index (χ4n) is 0.924. The monoisotopic (exact) mass is 191 g/mol. The highest BCUT2D eigenvalue weighted by molar-refractivity contribution is 5.60. The van der Waals surface area contributed by atoms with Crippen LogP contribution < -0.4 is 0 Å². The fourth-order valence-corrected chi connectivity index (χ4v) is 0.924. The molecule has 0 atom stereocenters. The molecule has 0 spiro atoms. The topological polar surface area (TPSA) is 12.9 Å². The summed E-state index contributed by atoms with van der Waals surface area (Å²) in [5, 5.41) is 0. The molecule has 0 radical (unpaired) electrons. The van der Waals surface area contributed by atoms with Crippen molar-refractivity contribution in [2.24, 2.45) is 0 Å². The molecule has 1 heterocycles. The predicted molar refractivity (Wildman–Crippen MR) is 67.2 cm³/mol. The van der Waals surface area contributed by atoms with Gasteiger partial charge in [-0.25, -0.2) is 0 Å². The van der Waals surface area contributed by atoms with Crippen molar-refractivity contribution in [1.29, 1.82) is 0 Å². The molecule has 14 heavy (non-hydrogen) atoms. The van der Waals surface area contributed by atoms with Gasteiger partial charge in [0, 0.05) is 5.69 Å².